The van der Waals surface area contributed by atoms with Gasteiger partial charge in [-0.3, -0.25) is 0 Å². The van der Waals surface area contributed by atoms with E-state index in [0.29, 0.717) is 5.89 Å². The molecule has 0 saturated carbocycles. The van der Waals surface area contributed by atoms with Gasteiger partial charge in [-0.15, -0.1) is 0 Å². The lowest BCUT2D eigenvalue weighted by Gasteiger charge is -2.12. The molecular weight excluding hydrogens is 528 g/mol. The van der Waals surface area contributed by atoms with Gasteiger partial charge in [-0.1, -0.05) is 78.9 Å². The Morgan fingerprint density at radius 3 is 2.12 bits per heavy atom. The molecule has 0 aliphatic heterocycles. The van der Waals surface area contributed by atoms with Gasteiger partial charge in [-0.2, -0.15) is 0 Å². The maximum Gasteiger partial charge on any atom is 0.227 e. The Kier molecular flexibility index (Phi) is 4.42. The van der Waals surface area contributed by atoms with E-state index in [4.69, 9.17) is 13.8 Å². The summed E-state index contributed by atoms with van der Waals surface area (Å²) in [6.45, 7) is 0. The molecular formula is C39H22N2O2. The van der Waals surface area contributed by atoms with E-state index in [-0.39, 0.29) is 0 Å². The summed E-state index contributed by atoms with van der Waals surface area (Å²) in [4.78, 5) is 4.73. The van der Waals surface area contributed by atoms with Gasteiger partial charge in [0.2, 0.25) is 5.89 Å². The molecule has 0 amide bonds. The fraction of sp³-hybridized carbons (Fsp3) is 0. The highest BCUT2D eigenvalue weighted by Gasteiger charge is 2.21. The summed E-state index contributed by atoms with van der Waals surface area (Å²) >= 11 is 0. The number of rotatable bonds is 2. The normalized spacial score (nSPS) is 12.2. The molecule has 4 heteroatoms. The molecule has 0 spiro atoms. The Morgan fingerprint density at radius 2 is 1.23 bits per heavy atom. The van der Waals surface area contributed by atoms with E-state index in [1.165, 1.54) is 32.6 Å². The minimum Gasteiger partial charge on any atom is -0.455 e. The van der Waals surface area contributed by atoms with Gasteiger partial charge >= 0.3 is 0 Å². The Bertz CT molecular complexity index is 2710. The second-order valence-corrected chi connectivity index (χ2v) is 11.2. The fourth-order valence-corrected chi connectivity index (χ4v) is 6.81. The predicted molar refractivity (Wildman–Crippen MR) is 176 cm³/mol. The van der Waals surface area contributed by atoms with Crippen molar-refractivity contribution in [1.29, 1.82) is 0 Å². The van der Waals surface area contributed by atoms with Gasteiger partial charge in [0.15, 0.2) is 5.58 Å². The van der Waals surface area contributed by atoms with E-state index >= 15 is 0 Å². The summed E-state index contributed by atoms with van der Waals surface area (Å²) in [6.07, 6.45) is 0. The SMILES string of the molecule is c1ccc2cc3c(cc2c1)c1ccccc1n3-c1cc2ccccc2c2oc3cc(-c4nc5ccccc5o4)ccc3c12. The van der Waals surface area contributed by atoms with E-state index in [1.807, 2.05) is 24.3 Å². The van der Waals surface area contributed by atoms with Crippen LogP contribution in [0.4, 0.5) is 0 Å². The molecule has 0 unspecified atom stereocenters. The molecule has 10 rings (SSSR count). The lowest BCUT2D eigenvalue weighted by atomic mass is 10.0. The first kappa shape index (κ1) is 22.8. The van der Waals surface area contributed by atoms with E-state index in [2.05, 4.69) is 114 Å². The first-order chi connectivity index (χ1) is 21.3. The lowest BCUT2D eigenvalue weighted by Crippen LogP contribution is -1.95. The predicted octanol–water partition coefficient (Wildman–Crippen LogP) is 10.8. The molecule has 0 N–H and O–H groups in total. The number of fused-ring (bicyclic) bond motifs is 10. The summed E-state index contributed by atoms with van der Waals surface area (Å²) in [7, 11) is 0. The van der Waals surface area contributed by atoms with Crippen molar-refractivity contribution in [2.75, 3.05) is 0 Å². The molecule has 0 saturated heterocycles. The van der Waals surface area contributed by atoms with Crippen LogP contribution in [0.2, 0.25) is 0 Å². The molecule has 7 aromatic carbocycles. The quantitative estimate of drug-likeness (QED) is 0.215. The zero-order valence-corrected chi connectivity index (χ0v) is 22.9. The van der Waals surface area contributed by atoms with Crippen LogP contribution >= 0.6 is 0 Å². The highest BCUT2D eigenvalue weighted by atomic mass is 16.3. The van der Waals surface area contributed by atoms with Gasteiger partial charge in [0.25, 0.3) is 0 Å². The van der Waals surface area contributed by atoms with Gasteiger partial charge in [-0.25, -0.2) is 4.98 Å². The number of benzene rings is 7. The third-order valence-electron chi connectivity index (χ3n) is 8.77. The molecule has 3 heterocycles. The molecule has 200 valence electrons. The van der Waals surface area contributed by atoms with E-state index in [9.17, 15) is 0 Å². The molecule has 10 aromatic rings. The minimum absolute atomic E-state index is 0.586. The first-order valence-electron chi connectivity index (χ1n) is 14.5. The van der Waals surface area contributed by atoms with Crippen LogP contribution in [-0.2, 0) is 0 Å². The van der Waals surface area contributed by atoms with Crippen molar-refractivity contribution in [3.05, 3.63) is 133 Å². The third kappa shape index (κ3) is 3.18. The number of nitrogens with zero attached hydrogens (tertiary/aromatic N) is 2. The molecule has 3 aromatic heterocycles. The van der Waals surface area contributed by atoms with E-state index in [1.54, 1.807) is 0 Å². The topological polar surface area (TPSA) is 44.1 Å². The van der Waals surface area contributed by atoms with Crippen LogP contribution in [0.5, 0.6) is 0 Å². The van der Waals surface area contributed by atoms with Crippen molar-refractivity contribution < 1.29 is 8.83 Å². The van der Waals surface area contributed by atoms with Crippen molar-refractivity contribution in [3.63, 3.8) is 0 Å². The van der Waals surface area contributed by atoms with Crippen LogP contribution in [-0.4, -0.2) is 9.55 Å². The second-order valence-electron chi connectivity index (χ2n) is 11.2. The molecule has 0 fully saturated rings. The summed E-state index contributed by atoms with van der Waals surface area (Å²) < 4.78 is 15.3. The second kappa shape index (κ2) is 8.34. The van der Waals surface area contributed by atoms with Crippen LogP contribution in [0.15, 0.2) is 142 Å². The average Bonchev–Trinajstić information content (AvgIpc) is 3.75. The number of para-hydroxylation sites is 3. The Labute approximate surface area is 245 Å². The average molecular weight is 551 g/mol. The molecule has 0 radical (unpaired) electrons. The number of hydrogen-bond acceptors (Lipinski definition) is 3. The highest BCUT2D eigenvalue weighted by Crippen LogP contribution is 2.43. The van der Waals surface area contributed by atoms with Crippen molar-refractivity contribution in [1.82, 2.24) is 9.55 Å². The number of oxazole rings is 1. The molecule has 43 heavy (non-hydrogen) atoms. The summed E-state index contributed by atoms with van der Waals surface area (Å²) in [6, 6.07) is 46.8. The molecule has 0 aliphatic carbocycles. The van der Waals surface area contributed by atoms with Crippen LogP contribution < -0.4 is 0 Å². The van der Waals surface area contributed by atoms with Crippen LogP contribution in [0, 0.1) is 0 Å². The Balaban J connectivity index is 1.33. The van der Waals surface area contributed by atoms with Gasteiger partial charge < -0.3 is 13.4 Å². The Hall–Kier alpha value is -5.87. The zero-order valence-electron chi connectivity index (χ0n) is 22.9. The largest absolute Gasteiger partial charge is 0.455 e. The van der Waals surface area contributed by atoms with Crippen molar-refractivity contribution >= 4 is 76.4 Å². The third-order valence-corrected chi connectivity index (χ3v) is 8.77. The van der Waals surface area contributed by atoms with Crippen molar-refractivity contribution in [2.45, 2.75) is 0 Å². The lowest BCUT2D eigenvalue weighted by molar-refractivity contribution is 0.619. The van der Waals surface area contributed by atoms with E-state index < -0.39 is 0 Å². The zero-order chi connectivity index (χ0) is 28.1. The van der Waals surface area contributed by atoms with Crippen LogP contribution in [0.1, 0.15) is 0 Å². The number of furan rings is 1. The van der Waals surface area contributed by atoms with Crippen LogP contribution in [0.3, 0.4) is 0 Å². The van der Waals surface area contributed by atoms with Gasteiger partial charge in [-0.05, 0) is 70.8 Å². The molecule has 0 bridgehead atoms. The summed E-state index contributed by atoms with van der Waals surface area (Å²) in [5, 5.41) is 9.30. The number of aromatic nitrogens is 2. The molecule has 4 nitrogen and oxygen atoms in total. The van der Waals surface area contributed by atoms with Crippen molar-refractivity contribution in [2.24, 2.45) is 0 Å². The van der Waals surface area contributed by atoms with Crippen molar-refractivity contribution in [3.8, 4) is 17.1 Å². The smallest absolute Gasteiger partial charge is 0.227 e. The summed E-state index contributed by atoms with van der Waals surface area (Å²) in [5.74, 6) is 0.586. The number of hydrogen-bond donors (Lipinski definition) is 0. The fourth-order valence-electron chi connectivity index (χ4n) is 6.81. The van der Waals surface area contributed by atoms with Gasteiger partial charge in [0, 0.05) is 27.1 Å². The summed E-state index contributed by atoms with van der Waals surface area (Å²) in [5.41, 5.74) is 7.63. The minimum atomic E-state index is 0.586. The standard InChI is InChI=1S/C39H22N2O2/c1-2-10-24-20-33-30(19-23(24)9-1)28-13-5-7-15-32(28)41(33)34-21-25-11-3-4-12-27(25)38-37(34)29-18-17-26(22-36(29)42-38)39-40-31-14-6-8-16-35(31)43-39/h1-22H. The Morgan fingerprint density at radius 1 is 0.488 bits per heavy atom. The maximum absolute atomic E-state index is 6.75. The first-order valence-corrected chi connectivity index (χ1v) is 14.5. The van der Waals surface area contributed by atoms with Gasteiger partial charge in [0.05, 0.1) is 22.1 Å². The maximum atomic E-state index is 6.75. The van der Waals surface area contributed by atoms with Gasteiger partial charge in [0.1, 0.15) is 16.7 Å². The monoisotopic (exact) mass is 550 g/mol. The molecule has 0 atom stereocenters. The van der Waals surface area contributed by atoms with E-state index in [0.717, 1.165) is 55.1 Å². The van der Waals surface area contributed by atoms with Crippen LogP contribution in [0.25, 0.3) is 93.5 Å². The highest BCUT2D eigenvalue weighted by molar-refractivity contribution is 6.21. The molecule has 0 aliphatic rings.